The van der Waals surface area contributed by atoms with E-state index >= 15 is 0 Å². The molecular formula is C20H14F6O. The van der Waals surface area contributed by atoms with Gasteiger partial charge in [-0.05, 0) is 53.8 Å². The molecule has 0 aliphatic rings. The van der Waals surface area contributed by atoms with E-state index in [-0.39, 0.29) is 16.3 Å². The van der Waals surface area contributed by atoms with E-state index in [0.29, 0.717) is 12.8 Å². The van der Waals surface area contributed by atoms with Gasteiger partial charge in [0.15, 0.2) is 11.6 Å². The van der Waals surface area contributed by atoms with Crippen molar-refractivity contribution in [2.75, 3.05) is 0 Å². The van der Waals surface area contributed by atoms with Gasteiger partial charge in [-0.2, -0.15) is 8.78 Å². The summed E-state index contributed by atoms with van der Waals surface area (Å²) in [4.78, 5) is 0. The third-order valence-electron chi connectivity index (χ3n) is 4.06. The Morgan fingerprint density at radius 1 is 0.852 bits per heavy atom. The fraction of sp³-hybridized carbons (Fsp3) is 0.200. The van der Waals surface area contributed by atoms with Crippen molar-refractivity contribution in [3.63, 3.8) is 0 Å². The zero-order chi connectivity index (χ0) is 19.8. The van der Waals surface area contributed by atoms with E-state index in [1.807, 2.05) is 0 Å². The van der Waals surface area contributed by atoms with E-state index in [1.54, 1.807) is 6.92 Å². The van der Waals surface area contributed by atoms with Crippen LogP contribution in [0.1, 0.15) is 24.5 Å². The van der Waals surface area contributed by atoms with Crippen molar-refractivity contribution in [2.45, 2.75) is 25.9 Å². The Morgan fingerprint density at radius 3 is 2.15 bits per heavy atom. The van der Waals surface area contributed by atoms with Crippen LogP contribution >= 0.6 is 0 Å². The standard InChI is InChI=1S/C20H14F6O/c1-2-3-11-8-16(22)18(17(23)9-11)20(25,26)27-13-5-6-14-12(10-13)4-7-15(21)19(14)24/h4-10H,2-3H2,1H3. The van der Waals surface area contributed by atoms with Crippen LogP contribution in [0.2, 0.25) is 0 Å². The van der Waals surface area contributed by atoms with Gasteiger partial charge in [0, 0.05) is 5.39 Å². The first-order valence-corrected chi connectivity index (χ1v) is 8.16. The van der Waals surface area contributed by atoms with Crippen LogP contribution in [0.3, 0.4) is 0 Å². The van der Waals surface area contributed by atoms with E-state index in [1.165, 1.54) is 6.07 Å². The summed E-state index contributed by atoms with van der Waals surface area (Å²) >= 11 is 0. The Balaban J connectivity index is 1.97. The summed E-state index contributed by atoms with van der Waals surface area (Å²) in [6.07, 6.45) is -3.36. The van der Waals surface area contributed by atoms with Crippen LogP contribution < -0.4 is 4.74 Å². The fourth-order valence-corrected chi connectivity index (χ4v) is 2.84. The van der Waals surface area contributed by atoms with Gasteiger partial charge in [-0.25, -0.2) is 17.6 Å². The van der Waals surface area contributed by atoms with Gasteiger partial charge in [0.1, 0.15) is 22.9 Å². The molecule has 0 N–H and O–H groups in total. The van der Waals surface area contributed by atoms with Crippen molar-refractivity contribution in [3.05, 3.63) is 76.9 Å². The number of hydrogen-bond donors (Lipinski definition) is 0. The van der Waals surface area contributed by atoms with Gasteiger partial charge in [0.05, 0.1) is 0 Å². The van der Waals surface area contributed by atoms with E-state index in [9.17, 15) is 26.3 Å². The third-order valence-corrected chi connectivity index (χ3v) is 4.06. The Bertz CT molecular complexity index is 976. The van der Waals surface area contributed by atoms with Crippen LogP contribution in [0.5, 0.6) is 5.75 Å². The molecule has 0 heterocycles. The maximum atomic E-state index is 14.4. The highest BCUT2D eigenvalue weighted by atomic mass is 19.3. The van der Waals surface area contributed by atoms with E-state index in [0.717, 1.165) is 36.4 Å². The molecule has 0 radical (unpaired) electrons. The molecule has 0 saturated heterocycles. The van der Waals surface area contributed by atoms with Gasteiger partial charge in [0.2, 0.25) is 0 Å². The van der Waals surface area contributed by atoms with Gasteiger partial charge in [-0.15, -0.1) is 0 Å². The van der Waals surface area contributed by atoms with Crippen molar-refractivity contribution in [3.8, 4) is 5.75 Å². The fourth-order valence-electron chi connectivity index (χ4n) is 2.84. The lowest BCUT2D eigenvalue weighted by atomic mass is 10.1. The molecule has 7 heteroatoms. The molecule has 27 heavy (non-hydrogen) atoms. The van der Waals surface area contributed by atoms with Crippen molar-refractivity contribution in [1.29, 1.82) is 0 Å². The molecule has 0 spiro atoms. The number of rotatable bonds is 5. The first kappa shape index (κ1) is 19.1. The largest absolute Gasteiger partial charge is 0.432 e. The van der Waals surface area contributed by atoms with E-state index in [4.69, 9.17) is 0 Å². The second kappa shape index (κ2) is 7.13. The van der Waals surface area contributed by atoms with Gasteiger partial charge >= 0.3 is 6.11 Å². The van der Waals surface area contributed by atoms with Crippen LogP contribution in [0.15, 0.2) is 42.5 Å². The number of halogens is 6. The SMILES string of the molecule is CCCc1cc(F)c(C(F)(F)Oc2ccc3c(F)c(F)ccc3c2)c(F)c1. The smallest absolute Gasteiger partial charge is 0.429 e. The molecule has 3 aromatic rings. The number of hydrogen-bond acceptors (Lipinski definition) is 1. The number of benzene rings is 3. The second-order valence-corrected chi connectivity index (χ2v) is 6.05. The van der Waals surface area contributed by atoms with Gasteiger partial charge in [-0.1, -0.05) is 19.4 Å². The maximum Gasteiger partial charge on any atom is 0.432 e. The molecule has 0 aliphatic carbocycles. The van der Waals surface area contributed by atoms with Crippen molar-refractivity contribution < 1.29 is 31.1 Å². The van der Waals surface area contributed by atoms with E-state index in [2.05, 4.69) is 4.74 Å². The van der Waals surface area contributed by atoms with Crippen LogP contribution in [0.4, 0.5) is 26.3 Å². The Hall–Kier alpha value is -2.70. The third kappa shape index (κ3) is 3.72. The molecule has 0 atom stereocenters. The summed E-state index contributed by atoms with van der Waals surface area (Å²) in [5.74, 6) is -5.50. The minimum Gasteiger partial charge on any atom is -0.429 e. The normalized spacial score (nSPS) is 11.8. The van der Waals surface area contributed by atoms with Crippen LogP contribution in [0, 0.1) is 23.3 Å². The minimum absolute atomic E-state index is 0.0986. The number of fused-ring (bicyclic) bond motifs is 1. The lowest BCUT2D eigenvalue weighted by molar-refractivity contribution is -0.189. The topological polar surface area (TPSA) is 9.23 Å². The van der Waals surface area contributed by atoms with E-state index < -0.39 is 40.7 Å². The summed E-state index contributed by atoms with van der Waals surface area (Å²) in [5.41, 5.74) is -1.25. The highest BCUT2D eigenvalue weighted by Crippen LogP contribution is 2.36. The Morgan fingerprint density at radius 2 is 1.52 bits per heavy atom. The Labute approximate surface area is 151 Å². The predicted octanol–water partition coefficient (Wildman–Crippen LogP) is 6.48. The predicted molar refractivity (Wildman–Crippen MR) is 88.7 cm³/mol. The second-order valence-electron chi connectivity index (χ2n) is 6.05. The number of aryl methyl sites for hydroxylation is 1. The summed E-state index contributed by atoms with van der Waals surface area (Å²) in [7, 11) is 0. The molecule has 3 aromatic carbocycles. The zero-order valence-corrected chi connectivity index (χ0v) is 14.1. The summed E-state index contributed by atoms with van der Waals surface area (Å²) < 4.78 is 88.3. The highest BCUT2D eigenvalue weighted by molar-refractivity contribution is 5.84. The summed E-state index contributed by atoms with van der Waals surface area (Å²) in [6, 6.07) is 6.77. The molecule has 0 aromatic heterocycles. The van der Waals surface area contributed by atoms with Crippen molar-refractivity contribution in [1.82, 2.24) is 0 Å². The van der Waals surface area contributed by atoms with Crippen molar-refractivity contribution >= 4 is 10.8 Å². The number of ether oxygens (including phenoxy) is 1. The first-order chi connectivity index (χ1) is 12.7. The monoisotopic (exact) mass is 384 g/mol. The molecule has 0 aliphatic heterocycles. The molecule has 142 valence electrons. The minimum atomic E-state index is -4.30. The number of alkyl halides is 2. The molecular weight excluding hydrogens is 370 g/mol. The molecule has 0 amide bonds. The summed E-state index contributed by atoms with van der Waals surface area (Å²) in [5, 5.41) is -0.0339. The molecule has 0 fully saturated rings. The molecule has 3 rings (SSSR count). The van der Waals surface area contributed by atoms with Gasteiger partial charge in [0.25, 0.3) is 0 Å². The van der Waals surface area contributed by atoms with Crippen LogP contribution in [-0.2, 0) is 12.5 Å². The molecule has 0 saturated carbocycles. The zero-order valence-electron chi connectivity index (χ0n) is 14.1. The molecule has 0 bridgehead atoms. The Kier molecular flexibility index (Phi) is 5.04. The lowest BCUT2D eigenvalue weighted by Gasteiger charge is -2.20. The van der Waals surface area contributed by atoms with Gasteiger partial charge in [-0.3, -0.25) is 0 Å². The average Bonchev–Trinajstić information content (AvgIpc) is 2.57. The lowest BCUT2D eigenvalue weighted by Crippen LogP contribution is -2.25. The molecule has 1 nitrogen and oxygen atoms in total. The highest BCUT2D eigenvalue weighted by Gasteiger charge is 2.41. The molecule has 0 unspecified atom stereocenters. The van der Waals surface area contributed by atoms with Crippen molar-refractivity contribution in [2.24, 2.45) is 0 Å². The maximum absolute atomic E-state index is 14.4. The summed E-state index contributed by atoms with van der Waals surface area (Å²) in [6.45, 7) is 1.79. The van der Waals surface area contributed by atoms with Gasteiger partial charge < -0.3 is 4.74 Å². The quantitative estimate of drug-likeness (QED) is 0.458. The first-order valence-electron chi connectivity index (χ1n) is 8.16. The van der Waals surface area contributed by atoms with Crippen LogP contribution in [0.25, 0.3) is 10.8 Å². The van der Waals surface area contributed by atoms with Crippen LogP contribution in [-0.4, -0.2) is 0 Å². The average molecular weight is 384 g/mol.